The summed E-state index contributed by atoms with van der Waals surface area (Å²) in [5, 5.41) is 10.4. The van der Waals surface area contributed by atoms with Crippen LogP contribution in [0, 0.1) is 0 Å². The quantitative estimate of drug-likeness (QED) is 0.356. The average Bonchev–Trinajstić information content (AvgIpc) is 2.91. The molecule has 0 heterocycles. The Morgan fingerprint density at radius 2 is 1.27 bits per heavy atom. The Morgan fingerprint density at radius 3 is 1.81 bits per heavy atom. The van der Waals surface area contributed by atoms with Gasteiger partial charge in [0.05, 0.1) is 53.3 Å². The summed E-state index contributed by atoms with van der Waals surface area (Å²) in [6.07, 6.45) is 3.49. The van der Waals surface area contributed by atoms with E-state index < -0.39 is 15.6 Å². The lowest BCUT2D eigenvalue weighted by Gasteiger charge is -2.15. The highest BCUT2D eigenvalue weighted by Crippen LogP contribution is 2.40. The average molecular weight is 531 g/mol. The fraction of sp³-hybridized carbons (Fsp3) is 0.259. The molecule has 0 fully saturated rings. The van der Waals surface area contributed by atoms with Crippen molar-refractivity contribution in [2.45, 2.75) is 10.6 Å². The summed E-state index contributed by atoms with van der Waals surface area (Å²) in [5.74, 6) is 1.55. The summed E-state index contributed by atoms with van der Waals surface area (Å²) in [5.41, 5.74) is 1.55. The molecule has 0 aliphatic carbocycles. The molecule has 0 saturated carbocycles. The molecule has 0 aliphatic rings. The molecular weight excluding hydrogens is 500 g/mol. The van der Waals surface area contributed by atoms with E-state index in [1.807, 2.05) is 0 Å². The summed E-state index contributed by atoms with van der Waals surface area (Å²) < 4.78 is 58.8. The first kappa shape index (κ1) is 27.5. The molecule has 0 aliphatic heterocycles. The highest BCUT2D eigenvalue weighted by Gasteiger charge is 2.23. The van der Waals surface area contributed by atoms with E-state index >= 15 is 0 Å². The third-order valence-corrected chi connectivity index (χ3v) is 7.31. The van der Waals surface area contributed by atoms with Gasteiger partial charge in [-0.25, -0.2) is 8.42 Å². The molecule has 0 aromatic heterocycles. The molecule has 198 valence electrons. The minimum Gasteiger partial charge on any atom is -0.504 e. The number of hydrogen-bond donors (Lipinski definition) is 1. The fourth-order valence-electron chi connectivity index (χ4n) is 3.83. The first-order chi connectivity index (χ1) is 17.7. The van der Waals surface area contributed by atoms with Crippen molar-refractivity contribution in [2.24, 2.45) is 0 Å². The normalized spacial score (nSPS) is 11.3. The van der Waals surface area contributed by atoms with E-state index in [9.17, 15) is 13.5 Å². The predicted octanol–water partition coefficient (Wildman–Crippen LogP) is 4.59. The molecule has 0 radical (unpaired) electrons. The first-order valence-electron chi connectivity index (χ1n) is 11.0. The number of hydrogen-bond acceptors (Lipinski definition) is 9. The number of rotatable bonds is 11. The van der Waals surface area contributed by atoms with Crippen LogP contribution in [0.2, 0.25) is 0 Å². The van der Waals surface area contributed by atoms with Gasteiger partial charge in [-0.05, 0) is 41.5 Å². The zero-order valence-electron chi connectivity index (χ0n) is 21.5. The second-order valence-electron chi connectivity index (χ2n) is 7.75. The molecule has 3 aromatic carbocycles. The molecule has 0 spiro atoms. The molecule has 10 heteroatoms. The smallest absolute Gasteiger partial charge is 0.203 e. The Bertz CT molecular complexity index is 1370. The maximum absolute atomic E-state index is 13.4. The van der Waals surface area contributed by atoms with E-state index in [1.165, 1.54) is 66.9 Å². The van der Waals surface area contributed by atoms with Crippen LogP contribution < -0.4 is 28.4 Å². The number of phenols is 1. The Kier molecular flexibility index (Phi) is 8.77. The molecule has 3 rings (SSSR count). The first-order valence-corrected chi connectivity index (χ1v) is 12.7. The highest BCUT2D eigenvalue weighted by molar-refractivity contribution is 7.90. The number of sulfone groups is 1. The summed E-state index contributed by atoms with van der Waals surface area (Å²) in [7, 11) is 4.95. The lowest BCUT2D eigenvalue weighted by Crippen LogP contribution is -2.08. The van der Waals surface area contributed by atoms with Gasteiger partial charge in [-0.1, -0.05) is 18.2 Å². The van der Waals surface area contributed by atoms with Gasteiger partial charge in [-0.3, -0.25) is 0 Å². The van der Waals surface area contributed by atoms with Crippen LogP contribution in [0.5, 0.6) is 40.2 Å². The number of aromatic hydroxyl groups is 1. The largest absolute Gasteiger partial charge is 0.504 e. The summed E-state index contributed by atoms with van der Waals surface area (Å²) in [6, 6.07) is 10.9. The Labute approximate surface area is 216 Å². The SMILES string of the molecule is COc1ccc(S(=O)(=O)Cc2c(/C=C\c3cc(OC)c(OC)c(OC)c3)ccc(O)c2OC)cc1OC. The number of benzene rings is 3. The Hall–Kier alpha value is -4.05. The van der Waals surface area contributed by atoms with E-state index in [-0.39, 0.29) is 22.1 Å². The molecule has 37 heavy (non-hydrogen) atoms. The maximum atomic E-state index is 13.4. The lowest BCUT2D eigenvalue weighted by atomic mass is 10.0. The fourth-order valence-corrected chi connectivity index (χ4v) is 5.24. The third kappa shape index (κ3) is 5.86. The second-order valence-corrected chi connectivity index (χ2v) is 9.74. The van der Waals surface area contributed by atoms with Gasteiger partial charge in [0.15, 0.2) is 44.3 Å². The Balaban J connectivity index is 2.08. The van der Waals surface area contributed by atoms with Crippen molar-refractivity contribution in [3.63, 3.8) is 0 Å². The molecule has 0 saturated heterocycles. The lowest BCUT2D eigenvalue weighted by molar-refractivity contribution is 0.324. The van der Waals surface area contributed by atoms with Crippen LogP contribution >= 0.6 is 0 Å². The minimum atomic E-state index is -3.87. The van der Waals surface area contributed by atoms with Gasteiger partial charge in [0.2, 0.25) is 5.75 Å². The number of methoxy groups -OCH3 is 6. The number of ether oxygens (including phenoxy) is 6. The van der Waals surface area contributed by atoms with E-state index in [4.69, 9.17) is 28.4 Å². The van der Waals surface area contributed by atoms with Crippen molar-refractivity contribution in [3.8, 4) is 40.2 Å². The molecule has 0 amide bonds. The second kappa shape index (κ2) is 11.8. The van der Waals surface area contributed by atoms with Gasteiger partial charge in [0, 0.05) is 11.6 Å². The summed E-state index contributed by atoms with van der Waals surface area (Å²) in [6.45, 7) is 0. The molecule has 1 N–H and O–H groups in total. The van der Waals surface area contributed by atoms with Crippen LogP contribution in [0.4, 0.5) is 0 Å². The van der Waals surface area contributed by atoms with Gasteiger partial charge in [0.1, 0.15) is 0 Å². The van der Waals surface area contributed by atoms with Gasteiger partial charge < -0.3 is 33.5 Å². The van der Waals surface area contributed by atoms with E-state index in [0.29, 0.717) is 34.1 Å². The zero-order chi connectivity index (χ0) is 27.2. The number of phenolic OH excluding ortho intramolecular Hbond substituents is 1. The van der Waals surface area contributed by atoms with Gasteiger partial charge in [-0.2, -0.15) is 0 Å². The molecule has 0 bridgehead atoms. The van der Waals surface area contributed by atoms with Crippen LogP contribution in [0.15, 0.2) is 47.4 Å². The minimum absolute atomic E-state index is 0.0371. The van der Waals surface area contributed by atoms with Crippen LogP contribution in [0.1, 0.15) is 16.7 Å². The summed E-state index contributed by atoms with van der Waals surface area (Å²) >= 11 is 0. The molecule has 0 atom stereocenters. The molecule has 3 aromatic rings. The van der Waals surface area contributed by atoms with Crippen molar-refractivity contribution in [2.75, 3.05) is 42.7 Å². The topological polar surface area (TPSA) is 110 Å². The maximum Gasteiger partial charge on any atom is 0.203 e. The highest BCUT2D eigenvalue weighted by atomic mass is 32.2. The van der Waals surface area contributed by atoms with E-state index in [2.05, 4.69) is 0 Å². The molecule has 9 nitrogen and oxygen atoms in total. The van der Waals surface area contributed by atoms with Crippen molar-refractivity contribution < 1.29 is 41.9 Å². The van der Waals surface area contributed by atoms with Crippen molar-refractivity contribution in [3.05, 3.63) is 59.2 Å². The monoisotopic (exact) mass is 530 g/mol. The van der Waals surface area contributed by atoms with E-state index in [1.54, 1.807) is 30.4 Å². The third-order valence-electron chi connectivity index (χ3n) is 5.67. The van der Waals surface area contributed by atoms with Crippen LogP contribution in [-0.2, 0) is 15.6 Å². The van der Waals surface area contributed by atoms with Crippen molar-refractivity contribution in [1.29, 1.82) is 0 Å². The summed E-state index contributed by atoms with van der Waals surface area (Å²) in [4.78, 5) is 0.0371. The van der Waals surface area contributed by atoms with Crippen molar-refractivity contribution >= 4 is 22.0 Å². The van der Waals surface area contributed by atoms with Crippen LogP contribution in [0.25, 0.3) is 12.2 Å². The predicted molar refractivity (Wildman–Crippen MR) is 140 cm³/mol. The Morgan fingerprint density at radius 1 is 0.676 bits per heavy atom. The molecule has 0 unspecified atom stereocenters. The van der Waals surface area contributed by atoms with Gasteiger partial charge in [-0.15, -0.1) is 0 Å². The van der Waals surface area contributed by atoms with Crippen LogP contribution in [0.3, 0.4) is 0 Å². The van der Waals surface area contributed by atoms with Crippen LogP contribution in [-0.4, -0.2) is 56.2 Å². The van der Waals surface area contributed by atoms with Crippen molar-refractivity contribution in [1.82, 2.24) is 0 Å². The van der Waals surface area contributed by atoms with Gasteiger partial charge in [0.25, 0.3) is 0 Å². The molecular formula is C27H30O9S. The van der Waals surface area contributed by atoms with Gasteiger partial charge >= 0.3 is 0 Å². The van der Waals surface area contributed by atoms with E-state index in [0.717, 1.165) is 5.56 Å². The zero-order valence-corrected chi connectivity index (χ0v) is 22.3. The standard InChI is InChI=1S/C27H30O9S/c1-31-22-12-10-19(15-23(22)32-2)37(29,30)16-20-18(9-11-21(28)26(20)35-5)8-7-17-13-24(33-3)27(36-6)25(14-17)34-4/h7-15,28H,16H2,1-6H3/b8-7-.